The summed E-state index contributed by atoms with van der Waals surface area (Å²) in [4.78, 5) is 28.9. The van der Waals surface area contributed by atoms with Crippen LogP contribution in [0.5, 0.6) is 5.75 Å². The number of quaternary nitrogens is 1. The summed E-state index contributed by atoms with van der Waals surface area (Å²) in [5.74, 6) is -1.86. The lowest BCUT2D eigenvalue weighted by Crippen LogP contribution is -3.06. The predicted octanol–water partition coefficient (Wildman–Crippen LogP) is 2.30. The average molecular weight is 439 g/mol. The van der Waals surface area contributed by atoms with Crippen LogP contribution in [0, 0.1) is 5.82 Å². The number of ketones is 1. The average Bonchev–Trinajstić information content (AvgIpc) is 3.32. The van der Waals surface area contributed by atoms with E-state index in [1.54, 1.807) is 24.3 Å². The Labute approximate surface area is 184 Å². The molecule has 0 radical (unpaired) electrons. The van der Waals surface area contributed by atoms with E-state index >= 15 is 0 Å². The molecular formula is C24H24FN2O5+. The van der Waals surface area contributed by atoms with Crippen molar-refractivity contribution >= 4 is 22.7 Å². The highest BCUT2D eigenvalue weighted by molar-refractivity contribution is 6.16. The molecule has 32 heavy (non-hydrogen) atoms. The number of ether oxygens (including phenoxy) is 1. The molecule has 0 spiro atoms. The molecule has 2 heterocycles. The molecule has 1 atom stereocenters. The van der Waals surface area contributed by atoms with Gasteiger partial charge in [0.1, 0.15) is 5.82 Å². The van der Waals surface area contributed by atoms with E-state index < -0.39 is 29.3 Å². The van der Waals surface area contributed by atoms with Gasteiger partial charge in [0.05, 0.1) is 45.9 Å². The zero-order valence-corrected chi connectivity index (χ0v) is 18.0. The van der Waals surface area contributed by atoms with Gasteiger partial charge in [-0.05, 0) is 29.8 Å². The number of likely N-dealkylation sites (N-methyl/N-ethyl adjacent to an activating group) is 1. The first-order chi connectivity index (χ1) is 15.3. The van der Waals surface area contributed by atoms with Gasteiger partial charge in [-0.1, -0.05) is 24.3 Å². The van der Waals surface area contributed by atoms with Gasteiger partial charge in [0.25, 0.3) is 5.91 Å². The van der Waals surface area contributed by atoms with Gasteiger partial charge >= 0.3 is 0 Å². The van der Waals surface area contributed by atoms with Crippen molar-refractivity contribution in [3.05, 3.63) is 77.0 Å². The first kappa shape index (κ1) is 21.6. The minimum atomic E-state index is -0.856. The summed E-state index contributed by atoms with van der Waals surface area (Å²) < 4.78 is 24.6. The normalized spacial score (nSPS) is 16.5. The minimum Gasteiger partial charge on any atom is -0.503 e. The number of hydrogen-bond acceptors (Lipinski definition) is 5. The van der Waals surface area contributed by atoms with E-state index in [1.807, 2.05) is 14.1 Å². The standard InChI is InChI=1S/C24H23FN2O5/c1-26(2)11-12-27-20(14-7-9-16(25)10-8-14)19(22(29)24(27)30)21(28)18-13-15-5-4-6-17(31-3)23(15)32-18/h4-10,13,20,29H,11-12H2,1-3H3/p+1/t20-/m0/s1. The number of nitrogens with zero attached hydrogens (tertiary/aromatic N) is 1. The molecular weight excluding hydrogens is 415 g/mol. The second-order valence-electron chi connectivity index (χ2n) is 7.99. The Hall–Kier alpha value is -3.65. The van der Waals surface area contributed by atoms with Crippen molar-refractivity contribution in [2.45, 2.75) is 6.04 Å². The number of Topliss-reactive ketones (excluding diaryl/α,β-unsaturated/α-hetero) is 1. The van der Waals surface area contributed by atoms with E-state index in [2.05, 4.69) is 0 Å². The Morgan fingerprint density at radius 2 is 1.94 bits per heavy atom. The number of aliphatic hydroxyl groups is 1. The van der Waals surface area contributed by atoms with E-state index in [0.29, 0.717) is 35.4 Å². The topological polar surface area (TPSA) is 84.4 Å². The molecule has 1 aromatic heterocycles. The third kappa shape index (κ3) is 3.73. The van der Waals surface area contributed by atoms with Crippen molar-refractivity contribution in [2.75, 3.05) is 34.3 Å². The molecule has 0 saturated carbocycles. The van der Waals surface area contributed by atoms with Gasteiger partial charge < -0.3 is 24.1 Å². The van der Waals surface area contributed by atoms with Crippen LogP contribution >= 0.6 is 0 Å². The molecule has 0 aliphatic carbocycles. The van der Waals surface area contributed by atoms with Crippen molar-refractivity contribution in [3.63, 3.8) is 0 Å². The molecule has 1 aliphatic rings. The van der Waals surface area contributed by atoms with Crippen LogP contribution in [-0.4, -0.2) is 56.0 Å². The molecule has 1 aliphatic heterocycles. The van der Waals surface area contributed by atoms with Crippen LogP contribution in [0.15, 0.2) is 64.3 Å². The first-order valence-corrected chi connectivity index (χ1v) is 10.2. The van der Waals surface area contributed by atoms with Gasteiger partial charge in [0, 0.05) is 5.39 Å². The fraction of sp³-hybridized carbons (Fsp3) is 0.250. The third-order valence-corrected chi connectivity index (χ3v) is 5.54. The highest BCUT2D eigenvalue weighted by Gasteiger charge is 2.44. The van der Waals surface area contributed by atoms with Gasteiger partial charge in [0.15, 0.2) is 22.9 Å². The molecule has 2 aromatic carbocycles. The Morgan fingerprint density at radius 1 is 1.22 bits per heavy atom. The Kier molecular flexibility index (Phi) is 5.71. The predicted molar refractivity (Wildman–Crippen MR) is 115 cm³/mol. The molecule has 2 N–H and O–H groups in total. The summed E-state index contributed by atoms with van der Waals surface area (Å²) in [6, 6.07) is 11.5. The largest absolute Gasteiger partial charge is 0.503 e. The summed E-state index contributed by atoms with van der Waals surface area (Å²) >= 11 is 0. The van der Waals surface area contributed by atoms with Crippen LogP contribution in [-0.2, 0) is 4.79 Å². The Balaban J connectivity index is 1.79. The van der Waals surface area contributed by atoms with Crippen molar-refractivity contribution in [3.8, 4) is 5.75 Å². The highest BCUT2D eigenvalue weighted by Crippen LogP contribution is 2.40. The monoisotopic (exact) mass is 439 g/mol. The van der Waals surface area contributed by atoms with Crippen LogP contribution in [0.4, 0.5) is 4.39 Å². The van der Waals surface area contributed by atoms with Crippen LogP contribution in [0.25, 0.3) is 11.0 Å². The number of rotatable bonds is 7. The lowest BCUT2D eigenvalue weighted by Gasteiger charge is -2.26. The number of halogens is 1. The number of para-hydroxylation sites is 1. The number of methoxy groups -OCH3 is 1. The van der Waals surface area contributed by atoms with Crippen molar-refractivity contribution in [1.82, 2.24) is 4.90 Å². The van der Waals surface area contributed by atoms with Crippen LogP contribution in [0.2, 0.25) is 0 Å². The van der Waals surface area contributed by atoms with Crippen molar-refractivity contribution < 1.29 is 33.1 Å². The Bertz CT molecular complexity index is 1210. The molecule has 0 fully saturated rings. The molecule has 0 bridgehead atoms. The zero-order chi connectivity index (χ0) is 23.0. The van der Waals surface area contributed by atoms with Gasteiger partial charge in [-0.15, -0.1) is 0 Å². The van der Waals surface area contributed by atoms with Crippen LogP contribution in [0.1, 0.15) is 22.2 Å². The molecule has 0 saturated heterocycles. The van der Waals surface area contributed by atoms with E-state index in [-0.39, 0.29) is 11.3 Å². The summed E-state index contributed by atoms with van der Waals surface area (Å²) in [6.07, 6.45) is 0. The minimum absolute atomic E-state index is 0.0222. The number of aliphatic hydroxyl groups excluding tert-OH is 1. The summed E-state index contributed by atoms with van der Waals surface area (Å²) in [7, 11) is 5.38. The zero-order valence-electron chi connectivity index (χ0n) is 18.0. The van der Waals surface area contributed by atoms with E-state index in [4.69, 9.17) is 9.15 Å². The lowest BCUT2D eigenvalue weighted by molar-refractivity contribution is -0.857. The fourth-order valence-electron chi connectivity index (χ4n) is 3.89. The first-order valence-electron chi connectivity index (χ1n) is 10.2. The van der Waals surface area contributed by atoms with Crippen LogP contribution < -0.4 is 9.64 Å². The number of fused-ring (bicyclic) bond motifs is 1. The third-order valence-electron chi connectivity index (χ3n) is 5.54. The molecule has 166 valence electrons. The lowest BCUT2D eigenvalue weighted by atomic mass is 9.95. The van der Waals surface area contributed by atoms with E-state index in [0.717, 1.165) is 4.90 Å². The maximum Gasteiger partial charge on any atom is 0.290 e. The SMILES string of the molecule is COc1cccc2cc(C(=O)C3=C(O)C(=O)N(CC[NH+](C)C)[C@H]3c3ccc(F)cc3)oc12. The number of hydrogen-bond donors (Lipinski definition) is 2. The number of furan rings is 1. The highest BCUT2D eigenvalue weighted by atomic mass is 19.1. The Morgan fingerprint density at radius 3 is 2.59 bits per heavy atom. The van der Waals surface area contributed by atoms with Gasteiger partial charge in [-0.2, -0.15) is 0 Å². The van der Waals surface area contributed by atoms with E-state index in [1.165, 1.54) is 36.3 Å². The molecule has 8 heteroatoms. The fourth-order valence-corrected chi connectivity index (χ4v) is 3.89. The van der Waals surface area contributed by atoms with Crippen LogP contribution in [0.3, 0.4) is 0 Å². The van der Waals surface area contributed by atoms with Gasteiger partial charge in [-0.3, -0.25) is 9.59 Å². The second-order valence-corrected chi connectivity index (χ2v) is 7.99. The number of amides is 1. The quantitative estimate of drug-likeness (QED) is 0.552. The molecule has 3 aromatic rings. The number of carbonyl (C=O) groups excluding carboxylic acids is 2. The second kappa shape index (κ2) is 8.47. The van der Waals surface area contributed by atoms with Crippen molar-refractivity contribution in [2.24, 2.45) is 0 Å². The van der Waals surface area contributed by atoms with E-state index in [9.17, 15) is 19.1 Å². The molecule has 0 unspecified atom stereocenters. The smallest absolute Gasteiger partial charge is 0.290 e. The number of carbonyl (C=O) groups is 2. The molecule has 1 amide bonds. The van der Waals surface area contributed by atoms with Gasteiger partial charge in [0.2, 0.25) is 5.78 Å². The summed E-state index contributed by atoms with van der Waals surface area (Å²) in [6.45, 7) is 0.901. The van der Waals surface area contributed by atoms with Gasteiger partial charge in [-0.25, -0.2) is 4.39 Å². The maximum absolute atomic E-state index is 13.5. The number of benzene rings is 2. The number of nitrogens with one attached hydrogen (secondary N) is 1. The molecule has 7 nitrogen and oxygen atoms in total. The summed E-state index contributed by atoms with van der Waals surface area (Å²) in [5.41, 5.74) is 0.831. The maximum atomic E-state index is 13.5. The molecule has 4 rings (SSSR count). The summed E-state index contributed by atoms with van der Waals surface area (Å²) in [5, 5.41) is 11.4. The van der Waals surface area contributed by atoms with Crippen molar-refractivity contribution in [1.29, 1.82) is 0 Å².